The van der Waals surface area contributed by atoms with Crippen molar-refractivity contribution in [1.29, 1.82) is 0 Å². The predicted octanol–water partition coefficient (Wildman–Crippen LogP) is 0.906. The van der Waals surface area contributed by atoms with Crippen molar-refractivity contribution in [2.75, 3.05) is 6.16 Å². The summed E-state index contributed by atoms with van der Waals surface area (Å²) >= 11 is 5.50. The van der Waals surface area contributed by atoms with Gasteiger partial charge >= 0.3 is 0 Å². The van der Waals surface area contributed by atoms with Crippen LogP contribution in [0, 0.1) is 0 Å². The molecule has 0 spiro atoms. The summed E-state index contributed by atoms with van der Waals surface area (Å²) in [6.07, 6.45) is 2.71. The van der Waals surface area contributed by atoms with E-state index in [0.717, 1.165) is 19.0 Å². The first-order valence-corrected chi connectivity index (χ1v) is 4.09. The first-order chi connectivity index (χ1) is 3.30. The van der Waals surface area contributed by atoms with E-state index in [1.807, 2.05) is 0 Å². The molecule has 1 aliphatic heterocycles. The van der Waals surface area contributed by atoms with E-state index in [9.17, 15) is 4.89 Å². The largest absolute Gasteiger partial charge is 0.630 e. The van der Waals surface area contributed by atoms with E-state index in [2.05, 4.69) is 0 Å². The minimum Gasteiger partial charge on any atom is -0.630 e. The Morgan fingerprint density at radius 2 is 2.43 bits per heavy atom. The Morgan fingerprint density at radius 1 is 1.71 bits per heavy atom. The van der Waals surface area contributed by atoms with Gasteiger partial charge in [0.05, 0.1) is 7.77 Å². The van der Waals surface area contributed by atoms with Crippen LogP contribution in [-0.2, 0) is 0 Å². The molecule has 3 heteroatoms. The standard InChI is InChI=1S/C4H6ClOP/c5-4-2-1-3-7(4)6/h1-3H2. The Hall–Kier alpha value is 0.420. The van der Waals surface area contributed by atoms with Gasteiger partial charge in [-0.25, -0.2) is 0 Å². The van der Waals surface area contributed by atoms with Gasteiger partial charge in [0.1, 0.15) is 6.16 Å². The molecule has 0 aliphatic carbocycles. The molecule has 0 bridgehead atoms. The van der Waals surface area contributed by atoms with Gasteiger partial charge in [-0.2, -0.15) is 0 Å². The summed E-state index contributed by atoms with van der Waals surface area (Å²) in [5, 5.41) is 0. The van der Waals surface area contributed by atoms with E-state index >= 15 is 0 Å². The van der Waals surface area contributed by atoms with Gasteiger partial charge in [0.2, 0.25) is 0 Å². The van der Waals surface area contributed by atoms with Crippen molar-refractivity contribution >= 4 is 24.1 Å². The Bertz CT molecular complexity index is 98.3. The summed E-state index contributed by atoms with van der Waals surface area (Å²) in [7, 11) is -1.09. The molecule has 1 atom stereocenters. The molecule has 7 heavy (non-hydrogen) atoms. The Labute approximate surface area is 48.8 Å². The fourth-order valence-corrected chi connectivity index (χ4v) is 2.10. The van der Waals surface area contributed by atoms with Crippen molar-refractivity contribution in [1.82, 2.24) is 0 Å². The van der Waals surface area contributed by atoms with Gasteiger partial charge in [0, 0.05) is 6.42 Å². The van der Waals surface area contributed by atoms with E-state index in [0.29, 0.717) is 4.75 Å². The normalized spacial score (nSPS) is 26.6. The third-order valence-corrected chi connectivity index (χ3v) is 3.26. The quantitative estimate of drug-likeness (QED) is 0.454. The molecule has 40 valence electrons. The van der Waals surface area contributed by atoms with Gasteiger partial charge in [0.25, 0.3) is 0 Å². The maximum absolute atomic E-state index is 10.6. The van der Waals surface area contributed by atoms with E-state index < -0.39 is 7.77 Å². The highest BCUT2D eigenvalue weighted by molar-refractivity contribution is 7.56. The first kappa shape index (κ1) is 5.55. The fourth-order valence-electron chi connectivity index (χ4n) is 0.615. The van der Waals surface area contributed by atoms with Gasteiger partial charge in [-0.15, -0.1) is 0 Å². The van der Waals surface area contributed by atoms with E-state index in [4.69, 9.17) is 11.6 Å². The maximum Gasteiger partial charge on any atom is 0.182 e. The van der Waals surface area contributed by atoms with Crippen LogP contribution in [0.25, 0.3) is 0 Å². The fraction of sp³-hybridized carbons (Fsp3) is 0.750. The van der Waals surface area contributed by atoms with Crippen molar-refractivity contribution in [3.05, 3.63) is 0 Å². The van der Waals surface area contributed by atoms with Crippen LogP contribution in [0.15, 0.2) is 0 Å². The molecule has 0 N–H and O–H groups in total. The monoisotopic (exact) mass is 136 g/mol. The predicted molar refractivity (Wildman–Crippen MR) is 31.9 cm³/mol. The van der Waals surface area contributed by atoms with Crippen LogP contribution in [0.3, 0.4) is 0 Å². The van der Waals surface area contributed by atoms with Crippen molar-refractivity contribution in [2.45, 2.75) is 12.8 Å². The van der Waals surface area contributed by atoms with Crippen molar-refractivity contribution in [2.24, 2.45) is 0 Å². The Morgan fingerprint density at radius 3 is 2.57 bits per heavy atom. The van der Waals surface area contributed by atoms with Crippen molar-refractivity contribution in [3.63, 3.8) is 0 Å². The minimum atomic E-state index is -1.09. The molecule has 1 aliphatic rings. The Kier molecular flexibility index (Phi) is 1.69. The highest BCUT2D eigenvalue weighted by Crippen LogP contribution is 2.27. The van der Waals surface area contributed by atoms with Crippen molar-refractivity contribution in [3.8, 4) is 0 Å². The molecule has 0 saturated carbocycles. The molecule has 1 unspecified atom stereocenters. The maximum atomic E-state index is 10.6. The molecular formula is C4H6ClOP. The molecule has 1 nitrogen and oxygen atoms in total. The molecule has 1 heterocycles. The summed E-state index contributed by atoms with van der Waals surface area (Å²) in [4.78, 5) is 10.6. The summed E-state index contributed by atoms with van der Waals surface area (Å²) < 4.78 is 0.690. The zero-order valence-corrected chi connectivity index (χ0v) is 5.51. The zero-order chi connectivity index (χ0) is 5.28. The highest BCUT2D eigenvalue weighted by atomic mass is 35.5. The lowest BCUT2D eigenvalue weighted by Gasteiger charge is -1.84. The number of hydrogen-bond acceptors (Lipinski definition) is 1. The van der Waals surface area contributed by atoms with Crippen LogP contribution < -0.4 is 4.89 Å². The number of halogens is 1. The summed E-state index contributed by atoms with van der Waals surface area (Å²) in [6.45, 7) is 0. The van der Waals surface area contributed by atoms with Gasteiger partial charge < -0.3 is 4.89 Å². The lowest BCUT2D eigenvalue weighted by atomic mass is 10.4. The molecule has 0 aromatic carbocycles. The average molecular weight is 137 g/mol. The van der Waals surface area contributed by atoms with E-state index in [-0.39, 0.29) is 0 Å². The molecule has 0 fully saturated rings. The smallest absolute Gasteiger partial charge is 0.182 e. The lowest BCUT2D eigenvalue weighted by molar-refractivity contribution is -0.152. The SMILES string of the molecule is [O-][P+]1=C(Cl)CCC1. The van der Waals surface area contributed by atoms with Gasteiger partial charge in [0.15, 0.2) is 4.75 Å². The van der Waals surface area contributed by atoms with Crippen LogP contribution in [0.2, 0.25) is 0 Å². The van der Waals surface area contributed by atoms with Gasteiger partial charge in [-0.1, -0.05) is 0 Å². The molecule has 0 amide bonds. The number of hydrogen-bond donors (Lipinski definition) is 0. The summed E-state index contributed by atoms with van der Waals surface area (Å²) in [5.41, 5.74) is 0. The third-order valence-electron chi connectivity index (χ3n) is 1.01. The van der Waals surface area contributed by atoms with Gasteiger partial charge in [-0.05, 0) is 18.0 Å². The molecule has 1 rings (SSSR count). The van der Waals surface area contributed by atoms with Crippen molar-refractivity contribution < 1.29 is 4.89 Å². The van der Waals surface area contributed by atoms with Crippen LogP contribution in [0.1, 0.15) is 12.8 Å². The van der Waals surface area contributed by atoms with Gasteiger partial charge in [-0.3, -0.25) is 0 Å². The lowest BCUT2D eigenvalue weighted by Crippen LogP contribution is -1.88. The first-order valence-electron chi connectivity index (χ1n) is 2.26. The van der Waals surface area contributed by atoms with Crippen LogP contribution >= 0.6 is 19.4 Å². The molecule has 0 aromatic heterocycles. The molecule has 0 radical (unpaired) electrons. The van der Waals surface area contributed by atoms with E-state index in [1.165, 1.54) is 0 Å². The van der Waals surface area contributed by atoms with E-state index in [1.54, 1.807) is 0 Å². The average Bonchev–Trinajstić information content (AvgIpc) is 1.91. The second-order valence-corrected chi connectivity index (χ2v) is 4.05. The van der Waals surface area contributed by atoms with Crippen LogP contribution in [0.4, 0.5) is 0 Å². The third kappa shape index (κ3) is 1.16. The zero-order valence-electron chi connectivity index (χ0n) is 3.85. The summed E-state index contributed by atoms with van der Waals surface area (Å²) in [5.74, 6) is 0. The minimum absolute atomic E-state index is 0.690. The highest BCUT2D eigenvalue weighted by Gasteiger charge is 2.14. The second-order valence-electron chi connectivity index (χ2n) is 1.58. The van der Waals surface area contributed by atoms with Crippen LogP contribution in [-0.4, -0.2) is 10.9 Å². The topological polar surface area (TPSA) is 23.1 Å². The molecule has 0 saturated heterocycles. The number of rotatable bonds is 0. The summed E-state index contributed by atoms with van der Waals surface area (Å²) in [6, 6.07) is 0. The Balaban J connectivity index is 2.64. The second kappa shape index (κ2) is 2.13. The molecular weight excluding hydrogens is 130 g/mol. The van der Waals surface area contributed by atoms with Crippen LogP contribution in [0.5, 0.6) is 0 Å². The molecule has 0 aromatic rings.